The van der Waals surface area contributed by atoms with Gasteiger partial charge < -0.3 is 5.32 Å². The van der Waals surface area contributed by atoms with Gasteiger partial charge in [-0.2, -0.15) is 5.26 Å². The summed E-state index contributed by atoms with van der Waals surface area (Å²) >= 11 is 1.69. The molecule has 0 saturated carbocycles. The molecule has 0 spiro atoms. The first kappa shape index (κ1) is 10.7. The van der Waals surface area contributed by atoms with Crippen LogP contribution in [0.4, 0.5) is 5.82 Å². The molecule has 1 N–H and O–H groups in total. The van der Waals surface area contributed by atoms with E-state index in [2.05, 4.69) is 29.4 Å². The smallest absolute Gasteiger partial charge is 0.144 e. The molecule has 0 aliphatic heterocycles. The molecular weight excluding hydrogens is 218 g/mol. The average Bonchev–Trinajstić information content (AvgIpc) is 2.83. The van der Waals surface area contributed by atoms with Crippen molar-refractivity contribution in [2.24, 2.45) is 0 Å². The average molecular weight is 229 g/mol. The number of thiophene rings is 1. The minimum absolute atomic E-state index is 0.169. The van der Waals surface area contributed by atoms with Gasteiger partial charge in [0.05, 0.1) is 11.6 Å². The van der Waals surface area contributed by atoms with E-state index >= 15 is 0 Å². The van der Waals surface area contributed by atoms with Crippen LogP contribution in [-0.4, -0.2) is 4.98 Å². The summed E-state index contributed by atoms with van der Waals surface area (Å²) in [4.78, 5) is 5.40. The summed E-state index contributed by atoms with van der Waals surface area (Å²) in [5.41, 5.74) is 0.575. The van der Waals surface area contributed by atoms with Gasteiger partial charge in [0.25, 0.3) is 0 Å². The van der Waals surface area contributed by atoms with Gasteiger partial charge in [0.15, 0.2) is 0 Å². The maximum absolute atomic E-state index is 8.93. The zero-order valence-electron chi connectivity index (χ0n) is 8.84. The topological polar surface area (TPSA) is 48.7 Å². The molecule has 0 fully saturated rings. The third-order valence-corrected chi connectivity index (χ3v) is 3.31. The van der Waals surface area contributed by atoms with Crippen LogP contribution in [0.1, 0.15) is 23.4 Å². The van der Waals surface area contributed by atoms with Crippen LogP contribution in [-0.2, 0) is 0 Å². The number of aromatic nitrogens is 1. The minimum Gasteiger partial charge on any atom is -0.362 e. The number of pyridine rings is 1. The third-order valence-electron chi connectivity index (χ3n) is 2.25. The zero-order chi connectivity index (χ0) is 11.4. The minimum atomic E-state index is 0.169. The number of hydrogen-bond donors (Lipinski definition) is 1. The summed E-state index contributed by atoms with van der Waals surface area (Å²) in [6, 6.07) is 9.90. The summed E-state index contributed by atoms with van der Waals surface area (Å²) in [5, 5.41) is 14.2. The Kier molecular flexibility index (Phi) is 3.18. The van der Waals surface area contributed by atoms with Gasteiger partial charge in [-0.3, -0.25) is 0 Å². The van der Waals surface area contributed by atoms with Crippen LogP contribution in [0.5, 0.6) is 0 Å². The SMILES string of the molecule is C[C@@H](Nc1ncccc1C#N)c1cccs1. The maximum atomic E-state index is 8.93. The van der Waals surface area contributed by atoms with E-state index in [-0.39, 0.29) is 6.04 Å². The molecular formula is C12H11N3S. The second kappa shape index (κ2) is 4.77. The summed E-state index contributed by atoms with van der Waals surface area (Å²) in [5.74, 6) is 0.644. The van der Waals surface area contributed by atoms with Crippen molar-refractivity contribution in [2.75, 3.05) is 5.32 Å². The highest BCUT2D eigenvalue weighted by molar-refractivity contribution is 7.10. The van der Waals surface area contributed by atoms with Crippen molar-refractivity contribution in [3.63, 3.8) is 0 Å². The van der Waals surface area contributed by atoms with Crippen molar-refractivity contribution >= 4 is 17.2 Å². The van der Waals surface area contributed by atoms with Crippen LogP contribution in [0, 0.1) is 11.3 Å². The van der Waals surface area contributed by atoms with Gasteiger partial charge in [-0.15, -0.1) is 11.3 Å². The molecule has 2 rings (SSSR count). The van der Waals surface area contributed by atoms with Crippen LogP contribution < -0.4 is 5.32 Å². The van der Waals surface area contributed by atoms with Crippen LogP contribution >= 0.6 is 11.3 Å². The summed E-state index contributed by atoms with van der Waals surface area (Å²) in [6.07, 6.45) is 1.68. The molecule has 0 aromatic carbocycles. The quantitative estimate of drug-likeness (QED) is 0.879. The molecule has 0 amide bonds. The van der Waals surface area contributed by atoms with Crippen molar-refractivity contribution in [1.29, 1.82) is 5.26 Å². The molecule has 80 valence electrons. The Labute approximate surface area is 98.4 Å². The van der Waals surface area contributed by atoms with E-state index in [0.717, 1.165) is 0 Å². The Morgan fingerprint density at radius 3 is 3.00 bits per heavy atom. The van der Waals surface area contributed by atoms with Crippen molar-refractivity contribution in [2.45, 2.75) is 13.0 Å². The number of nitriles is 1. The van der Waals surface area contributed by atoms with E-state index in [4.69, 9.17) is 5.26 Å². The lowest BCUT2D eigenvalue weighted by atomic mass is 10.2. The van der Waals surface area contributed by atoms with Crippen molar-refractivity contribution in [3.05, 3.63) is 46.3 Å². The monoisotopic (exact) mass is 229 g/mol. The number of anilines is 1. The number of rotatable bonds is 3. The zero-order valence-corrected chi connectivity index (χ0v) is 9.66. The predicted molar refractivity (Wildman–Crippen MR) is 65.3 cm³/mol. The van der Waals surface area contributed by atoms with E-state index in [1.54, 1.807) is 29.7 Å². The van der Waals surface area contributed by atoms with Gasteiger partial charge in [-0.1, -0.05) is 6.07 Å². The highest BCUT2D eigenvalue weighted by atomic mass is 32.1. The fourth-order valence-corrected chi connectivity index (χ4v) is 2.16. The number of nitrogens with one attached hydrogen (secondary N) is 1. The lowest BCUT2D eigenvalue weighted by molar-refractivity contribution is 0.895. The lowest BCUT2D eigenvalue weighted by Gasteiger charge is -2.13. The van der Waals surface area contributed by atoms with Crippen LogP contribution in [0.2, 0.25) is 0 Å². The molecule has 2 aromatic heterocycles. The molecule has 0 bridgehead atoms. The van der Waals surface area contributed by atoms with Gasteiger partial charge in [-0.05, 0) is 30.5 Å². The van der Waals surface area contributed by atoms with Gasteiger partial charge in [0.1, 0.15) is 11.9 Å². The second-order valence-corrected chi connectivity index (χ2v) is 4.37. The number of nitrogens with zero attached hydrogens (tertiary/aromatic N) is 2. The third kappa shape index (κ3) is 2.20. The first-order valence-electron chi connectivity index (χ1n) is 4.96. The van der Waals surface area contributed by atoms with Crippen LogP contribution in [0.25, 0.3) is 0 Å². The second-order valence-electron chi connectivity index (χ2n) is 3.39. The first-order valence-corrected chi connectivity index (χ1v) is 5.84. The summed E-state index contributed by atoms with van der Waals surface area (Å²) in [6.45, 7) is 2.06. The highest BCUT2D eigenvalue weighted by Gasteiger charge is 2.09. The number of hydrogen-bond acceptors (Lipinski definition) is 4. The predicted octanol–water partition coefficient (Wildman–Crippen LogP) is 3.19. The van der Waals surface area contributed by atoms with Crippen molar-refractivity contribution < 1.29 is 0 Å². The Bertz CT molecular complexity index is 499. The first-order chi connectivity index (χ1) is 7.81. The van der Waals surface area contributed by atoms with Gasteiger partial charge >= 0.3 is 0 Å². The standard InChI is InChI=1S/C12H11N3S/c1-9(11-5-3-7-16-11)15-12-10(8-13)4-2-6-14-12/h2-7,9H,1H3,(H,14,15)/t9-/m1/s1. The maximum Gasteiger partial charge on any atom is 0.144 e. The fraction of sp³-hybridized carbons (Fsp3) is 0.167. The largest absolute Gasteiger partial charge is 0.362 e. The molecule has 4 heteroatoms. The Hall–Kier alpha value is -1.86. The molecule has 0 aliphatic rings. The van der Waals surface area contributed by atoms with Crippen LogP contribution in [0.3, 0.4) is 0 Å². The summed E-state index contributed by atoms with van der Waals surface area (Å²) < 4.78 is 0. The summed E-state index contributed by atoms with van der Waals surface area (Å²) in [7, 11) is 0. The van der Waals surface area contributed by atoms with Gasteiger partial charge in [-0.25, -0.2) is 4.98 Å². The molecule has 0 saturated heterocycles. The molecule has 2 heterocycles. The van der Waals surface area contributed by atoms with Crippen molar-refractivity contribution in [1.82, 2.24) is 4.98 Å². The van der Waals surface area contributed by atoms with Crippen LogP contribution in [0.15, 0.2) is 35.8 Å². The fourth-order valence-electron chi connectivity index (χ4n) is 1.42. The van der Waals surface area contributed by atoms with Crippen molar-refractivity contribution in [3.8, 4) is 6.07 Å². The molecule has 0 aliphatic carbocycles. The molecule has 1 atom stereocenters. The Morgan fingerprint density at radius 2 is 2.31 bits per heavy atom. The molecule has 0 unspecified atom stereocenters. The van der Waals surface area contributed by atoms with E-state index in [1.807, 2.05) is 11.4 Å². The van der Waals surface area contributed by atoms with E-state index in [0.29, 0.717) is 11.4 Å². The lowest BCUT2D eigenvalue weighted by Crippen LogP contribution is -2.07. The van der Waals surface area contributed by atoms with E-state index in [1.165, 1.54) is 4.88 Å². The molecule has 2 aromatic rings. The van der Waals surface area contributed by atoms with Gasteiger partial charge in [0, 0.05) is 11.1 Å². The highest BCUT2D eigenvalue weighted by Crippen LogP contribution is 2.23. The molecule has 0 radical (unpaired) electrons. The van der Waals surface area contributed by atoms with E-state index in [9.17, 15) is 0 Å². The van der Waals surface area contributed by atoms with Gasteiger partial charge in [0.2, 0.25) is 0 Å². The Morgan fingerprint density at radius 1 is 1.44 bits per heavy atom. The molecule has 16 heavy (non-hydrogen) atoms. The molecule has 3 nitrogen and oxygen atoms in total. The normalized spacial score (nSPS) is 11.8. The van der Waals surface area contributed by atoms with E-state index < -0.39 is 0 Å². The Balaban J connectivity index is 2.19.